The van der Waals surface area contributed by atoms with E-state index >= 15 is 0 Å². The van der Waals surface area contributed by atoms with Crippen LogP contribution < -0.4 is 10.1 Å². The van der Waals surface area contributed by atoms with Crippen LogP contribution in [0.25, 0.3) is 0 Å². The molecule has 1 amide bonds. The first-order valence-electron chi connectivity index (χ1n) is 5.83. The molecule has 0 bridgehead atoms. The average molecular weight is 315 g/mol. The summed E-state index contributed by atoms with van der Waals surface area (Å²) in [5.74, 6) is 0.796. The van der Waals surface area contributed by atoms with E-state index in [0.29, 0.717) is 33.8 Å². The molecule has 0 saturated carbocycles. The van der Waals surface area contributed by atoms with Gasteiger partial charge < -0.3 is 14.6 Å². The maximum absolute atomic E-state index is 11.8. The first-order valence-corrected chi connectivity index (χ1v) is 6.58. The van der Waals surface area contributed by atoms with Crippen LogP contribution in [0, 0.1) is 0 Å². The lowest BCUT2D eigenvalue weighted by atomic mass is 10.2. The lowest BCUT2D eigenvalue weighted by Gasteiger charge is -2.06. The quantitative estimate of drug-likeness (QED) is 0.916. The number of aromatic nitrogens is 1. The van der Waals surface area contributed by atoms with Gasteiger partial charge in [-0.3, -0.25) is 4.79 Å². The number of anilines is 1. The molecule has 2 rings (SSSR count). The molecule has 1 N–H and O–H groups in total. The topological polar surface area (TPSA) is 64.4 Å². The number of carbonyl (C=O) groups is 1. The summed E-state index contributed by atoms with van der Waals surface area (Å²) in [6.07, 6.45) is 0.671. The fourth-order valence-corrected chi connectivity index (χ4v) is 2.00. The standard InChI is InChI=1S/C13H12Cl2N2O3/c1-19-13-7-9(20-17-13)3-5-12(18)16-11-4-2-8(14)6-10(11)15/h2,4,6-7H,3,5H2,1H3,(H,16,18). The van der Waals surface area contributed by atoms with Gasteiger partial charge in [-0.1, -0.05) is 23.2 Å². The lowest BCUT2D eigenvalue weighted by molar-refractivity contribution is -0.116. The normalized spacial score (nSPS) is 10.3. The SMILES string of the molecule is COc1cc(CCC(=O)Nc2ccc(Cl)cc2Cl)on1. The highest BCUT2D eigenvalue weighted by molar-refractivity contribution is 6.36. The van der Waals surface area contributed by atoms with Crippen molar-refractivity contribution in [3.05, 3.63) is 40.1 Å². The van der Waals surface area contributed by atoms with Crippen molar-refractivity contribution >= 4 is 34.8 Å². The third-order valence-electron chi connectivity index (χ3n) is 2.55. The first kappa shape index (κ1) is 14.7. The summed E-state index contributed by atoms with van der Waals surface area (Å²) in [4.78, 5) is 11.8. The Morgan fingerprint density at radius 1 is 1.40 bits per heavy atom. The molecule has 7 heteroatoms. The van der Waals surface area contributed by atoms with Gasteiger partial charge in [0, 0.05) is 23.9 Å². The minimum Gasteiger partial charge on any atom is -0.479 e. The molecule has 1 aromatic carbocycles. The van der Waals surface area contributed by atoms with Gasteiger partial charge in [-0.2, -0.15) is 0 Å². The van der Waals surface area contributed by atoms with E-state index < -0.39 is 0 Å². The monoisotopic (exact) mass is 314 g/mol. The Morgan fingerprint density at radius 2 is 2.20 bits per heavy atom. The zero-order valence-corrected chi connectivity index (χ0v) is 12.2. The maximum Gasteiger partial charge on any atom is 0.254 e. The summed E-state index contributed by atoms with van der Waals surface area (Å²) in [6.45, 7) is 0. The zero-order chi connectivity index (χ0) is 14.5. The number of nitrogens with zero attached hydrogens (tertiary/aromatic N) is 1. The molecule has 20 heavy (non-hydrogen) atoms. The minimum absolute atomic E-state index is 0.176. The molecule has 0 fully saturated rings. The van der Waals surface area contributed by atoms with Crippen molar-refractivity contribution in [1.82, 2.24) is 5.16 Å². The Bertz CT molecular complexity index is 613. The van der Waals surface area contributed by atoms with Crippen molar-refractivity contribution in [2.45, 2.75) is 12.8 Å². The van der Waals surface area contributed by atoms with Crippen LogP contribution in [0.3, 0.4) is 0 Å². The van der Waals surface area contributed by atoms with E-state index in [2.05, 4.69) is 10.5 Å². The first-order chi connectivity index (χ1) is 9.58. The number of aryl methyl sites for hydroxylation is 1. The Kier molecular flexibility index (Phi) is 4.87. The number of halogens is 2. The number of rotatable bonds is 5. The van der Waals surface area contributed by atoms with Crippen molar-refractivity contribution in [3.63, 3.8) is 0 Å². The van der Waals surface area contributed by atoms with E-state index in [4.69, 9.17) is 32.5 Å². The Balaban J connectivity index is 1.89. The van der Waals surface area contributed by atoms with Crippen LogP contribution in [0.1, 0.15) is 12.2 Å². The second-order valence-corrected chi connectivity index (χ2v) is 4.85. The average Bonchev–Trinajstić information content (AvgIpc) is 2.88. The number of carbonyl (C=O) groups excluding carboxylic acids is 1. The highest BCUT2D eigenvalue weighted by atomic mass is 35.5. The number of hydrogen-bond donors (Lipinski definition) is 1. The highest BCUT2D eigenvalue weighted by Crippen LogP contribution is 2.25. The lowest BCUT2D eigenvalue weighted by Crippen LogP contribution is -2.12. The van der Waals surface area contributed by atoms with Crippen LogP contribution >= 0.6 is 23.2 Å². The number of benzene rings is 1. The van der Waals surface area contributed by atoms with Gasteiger partial charge in [0.05, 0.1) is 17.8 Å². The molecule has 1 heterocycles. The van der Waals surface area contributed by atoms with Crippen molar-refractivity contribution in [3.8, 4) is 5.88 Å². The van der Waals surface area contributed by atoms with Crippen LogP contribution in [0.2, 0.25) is 10.0 Å². The molecular formula is C13H12Cl2N2O3. The smallest absolute Gasteiger partial charge is 0.254 e. The molecule has 0 radical (unpaired) electrons. The summed E-state index contributed by atoms with van der Waals surface area (Å²) < 4.78 is 9.89. The summed E-state index contributed by atoms with van der Waals surface area (Å²) >= 11 is 11.8. The van der Waals surface area contributed by atoms with Gasteiger partial charge in [0.2, 0.25) is 5.91 Å². The zero-order valence-electron chi connectivity index (χ0n) is 10.7. The van der Waals surface area contributed by atoms with E-state index in [1.165, 1.54) is 7.11 Å². The summed E-state index contributed by atoms with van der Waals surface area (Å²) in [7, 11) is 1.50. The second-order valence-electron chi connectivity index (χ2n) is 4.01. The van der Waals surface area contributed by atoms with E-state index in [-0.39, 0.29) is 12.3 Å². The molecule has 0 spiro atoms. The van der Waals surface area contributed by atoms with Gasteiger partial charge in [-0.25, -0.2) is 0 Å². The van der Waals surface area contributed by atoms with Crippen molar-refractivity contribution < 1.29 is 14.1 Å². The molecule has 0 aliphatic carbocycles. The van der Waals surface area contributed by atoms with E-state index in [1.54, 1.807) is 24.3 Å². The van der Waals surface area contributed by atoms with E-state index in [9.17, 15) is 4.79 Å². The predicted octanol–water partition coefficient (Wildman–Crippen LogP) is 3.56. The Hall–Kier alpha value is -1.72. The molecule has 1 aromatic heterocycles. The molecule has 2 aromatic rings. The third-order valence-corrected chi connectivity index (χ3v) is 3.10. The van der Waals surface area contributed by atoms with Crippen LogP contribution in [-0.4, -0.2) is 18.2 Å². The van der Waals surface area contributed by atoms with E-state index in [0.717, 1.165) is 0 Å². The number of nitrogens with one attached hydrogen (secondary N) is 1. The van der Waals surface area contributed by atoms with Gasteiger partial charge in [0.25, 0.3) is 5.88 Å². The van der Waals surface area contributed by atoms with Gasteiger partial charge >= 0.3 is 0 Å². The van der Waals surface area contributed by atoms with Gasteiger partial charge in [0.1, 0.15) is 5.76 Å². The molecule has 5 nitrogen and oxygen atoms in total. The molecular weight excluding hydrogens is 303 g/mol. The molecule has 0 atom stereocenters. The summed E-state index contributed by atoms with van der Waals surface area (Å²) in [5, 5.41) is 7.27. The fourth-order valence-electron chi connectivity index (χ4n) is 1.55. The van der Waals surface area contributed by atoms with Gasteiger partial charge in [0.15, 0.2) is 0 Å². The Labute approximate surface area is 125 Å². The van der Waals surface area contributed by atoms with Crippen LogP contribution in [0.15, 0.2) is 28.8 Å². The minimum atomic E-state index is -0.176. The summed E-state index contributed by atoms with van der Waals surface area (Å²) in [6, 6.07) is 6.52. The highest BCUT2D eigenvalue weighted by Gasteiger charge is 2.09. The third kappa shape index (κ3) is 3.88. The second kappa shape index (κ2) is 6.63. The number of ether oxygens (including phenoxy) is 1. The fraction of sp³-hybridized carbons (Fsp3) is 0.231. The molecule has 0 aliphatic heterocycles. The largest absolute Gasteiger partial charge is 0.479 e. The van der Waals surface area contributed by atoms with Crippen molar-refractivity contribution in [2.24, 2.45) is 0 Å². The summed E-state index contributed by atoms with van der Waals surface area (Å²) in [5.41, 5.74) is 0.524. The predicted molar refractivity (Wildman–Crippen MR) is 76.5 cm³/mol. The molecule has 0 aliphatic rings. The molecule has 106 valence electrons. The van der Waals surface area contributed by atoms with Crippen LogP contribution in [-0.2, 0) is 11.2 Å². The van der Waals surface area contributed by atoms with Crippen molar-refractivity contribution in [2.75, 3.05) is 12.4 Å². The van der Waals surface area contributed by atoms with Gasteiger partial charge in [-0.15, -0.1) is 0 Å². The van der Waals surface area contributed by atoms with E-state index in [1.807, 2.05) is 0 Å². The van der Waals surface area contributed by atoms with Crippen LogP contribution in [0.5, 0.6) is 5.88 Å². The number of amides is 1. The molecule has 0 saturated heterocycles. The number of methoxy groups -OCH3 is 1. The maximum atomic E-state index is 11.8. The molecule has 0 unspecified atom stereocenters. The Morgan fingerprint density at radius 3 is 2.85 bits per heavy atom. The number of hydrogen-bond acceptors (Lipinski definition) is 4. The van der Waals surface area contributed by atoms with Crippen LogP contribution in [0.4, 0.5) is 5.69 Å². The van der Waals surface area contributed by atoms with Crippen molar-refractivity contribution in [1.29, 1.82) is 0 Å². The van der Waals surface area contributed by atoms with Gasteiger partial charge in [-0.05, 0) is 23.4 Å².